The Balaban J connectivity index is 1.89. The van der Waals surface area contributed by atoms with Crippen LogP contribution in [0.15, 0.2) is 18.2 Å². The van der Waals surface area contributed by atoms with Crippen molar-refractivity contribution in [3.05, 3.63) is 41.2 Å². The van der Waals surface area contributed by atoms with E-state index in [4.69, 9.17) is 5.73 Å². The third-order valence-corrected chi connectivity index (χ3v) is 3.06. The van der Waals surface area contributed by atoms with Crippen molar-refractivity contribution in [3.8, 4) is 0 Å². The van der Waals surface area contributed by atoms with Crippen LogP contribution >= 0.6 is 0 Å². The average Bonchev–Trinajstić information content (AvgIpc) is 2.69. The molecule has 108 valence electrons. The van der Waals surface area contributed by atoms with E-state index in [2.05, 4.69) is 10.4 Å². The molecule has 3 N–H and O–H groups in total. The van der Waals surface area contributed by atoms with Gasteiger partial charge in [-0.05, 0) is 32.4 Å². The van der Waals surface area contributed by atoms with E-state index in [1.807, 2.05) is 24.6 Å². The summed E-state index contributed by atoms with van der Waals surface area (Å²) < 4.78 is 28.2. The summed E-state index contributed by atoms with van der Waals surface area (Å²) in [5, 5.41) is 7.29. The fraction of sp³-hybridized carbons (Fsp3) is 0.357. The first-order valence-corrected chi connectivity index (χ1v) is 6.47. The number of halogens is 2. The Labute approximate surface area is 116 Å². The van der Waals surface area contributed by atoms with E-state index in [1.54, 1.807) is 0 Å². The second-order valence-corrected chi connectivity index (χ2v) is 4.78. The summed E-state index contributed by atoms with van der Waals surface area (Å²) >= 11 is 0. The molecule has 0 amide bonds. The van der Waals surface area contributed by atoms with Gasteiger partial charge >= 0.3 is 0 Å². The van der Waals surface area contributed by atoms with Gasteiger partial charge in [0.2, 0.25) is 0 Å². The lowest BCUT2D eigenvalue weighted by atomic mass is 10.2. The minimum absolute atomic E-state index is 0.0579. The van der Waals surface area contributed by atoms with Crippen molar-refractivity contribution in [1.29, 1.82) is 0 Å². The summed E-state index contributed by atoms with van der Waals surface area (Å²) in [5.74, 6) is -1.39. The van der Waals surface area contributed by atoms with Gasteiger partial charge in [0.15, 0.2) is 5.82 Å². The van der Waals surface area contributed by atoms with E-state index in [0.717, 1.165) is 30.4 Å². The largest absolute Gasteiger partial charge is 0.395 e. The van der Waals surface area contributed by atoms with E-state index in [9.17, 15) is 8.78 Å². The van der Waals surface area contributed by atoms with E-state index in [0.29, 0.717) is 6.54 Å². The molecular formula is C14H18F2N4. The number of aromatic nitrogens is 2. The van der Waals surface area contributed by atoms with Crippen molar-refractivity contribution >= 4 is 11.4 Å². The lowest BCUT2D eigenvalue weighted by Gasteiger charge is -2.10. The van der Waals surface area contributed by atoms with Crippen molar-refractivity contribution in [1.82, 2.24) is 9.78 Å². The number of hydrogen-bond donors (Lipinski definition) is 2. The van der Waals surface area contributed by atoms with E-state index in [-0.39, 0.29) is 11.4 Å². The fourth-order valence-electron chi connectivity index (χ4n) is 2.08. The van der Waals surface area contributed by atoms with Crippen molar-refractivity contribution in [3.63, 3.8) is 0 Å². The van der Waals surface area contributed by atoms with E-state index >= 15 is 0 Å². The average molecular weight is 280 g/mol. The Hall–Kier alpha value is -2.11. The molecule has 0 atom stereocenters. The minimum atomic E-state index is -0.744. The zero-order chi connectivity index (χ0) is 14.7. The molecule has 0 unspecified atom stereocenters. The highest BCUT2D eigenvalue weighted by Gasteiger charge is 2.07. The van der Waals surface area contributed by atoms with Crippen LogP contribution in [0.2, 0.25) is 0 Å². The topological polar surface area (TPSA) is 55.9 Å². The molecule has 0 fully saturated rings. The number of nitrogens with one attached hydrogen (secondary N) is 1. The highest BCUT2D eigenvalue weighted by molar-refractivity contribution is 5.66. The third-order valence-electron chi connectivity index (χ3n) is 3.06. The summed E-state index contributed by atoms with van der Waals surface area (Å²) in [6.07, 6.45) is 0.777. The Bertz CT molecular complexity index is 607. The number of rotatable bonds is 5. The van der Waals surface area contributed by atoms with Crippen LogP contribution in [0.5, 0.6) is 0 Å². The number of hydrogen-bond acceptors (Lipinski definition) is 3. The maximum absolute atomic E-state index is 13.3. The number of nitrogen functional groups attached to an aromatic ring is 1. The van der Waals surface area contributed by atoms with Gasteiger partial charge in [0.25, 0.3) is 0 Å². The summed E-state index contributed by atoms with van der Waals surface area (Å²) in [4.78, 5) is 0. The Morgan fingerprint density at radius 1 is 1.25 bits per heavy atom. The number of aryl methyl sites for hydroxylation is 3. The lowest BCUT2D eigenvalue weighted by molar-refractivity contribution is 0.572. The van der Waals surface area contributed by atoms with Crippen LogP contribution in [-0.4, -0.2) is 16.3 Å². The molecule has 1 aromatic heterocycles. The fourth-order valence-corrected chi connectivity index (χ4v) is 2.08. The summed E-state index contributed by atoms with van der Waals surface area (Å²) in [6.45, 7) is 5.24. The molecular weight excluding hydrogens is 262 g/mol. The van der Waals surface area contributed by atoms with Gasteiger partial charge in [-0.3, -0.25) is 4.68 Å². The third kappa shape index (κ3) is 3.26. The first kappa shape index (κ1) is 14.3. The second kappa shape index (κ2) is 5.90. The first-order chi connectivity index (χ1) is 9.47. The molecule has 0 aliphatic rings. The summed E-state index contributed by atoms with van der Waals surface area (Å²) in [6, 6.07) is 3.98. The summed E-state index contributed by atoms with van der Waals surface area (Å²) in [5.41, 5.74) is 7.86. The predicted octanol–water partition coefficient (Wildman–Crippen LogP) is 2.86. The molecule has 0 spiro atoms. The van der Waals surface area contributed by atoms with Crippen LogP contribution in [0.4, 0.5) is 20.2 Å². The number of benzene rings is 1. The lowest BCUT2D eigenvalue weighted by Crippen LogP contribution is -2.10. The standard InChI is InChI=1S/C14H18F2N4/c1-9-6-10(2)20(19-9)5-3-4-18-13-8-11(15)7-12(16)14(13)17/h6-8,18H,3-5,17H2,1-2H3. The van der Waals surface area contributed by atoms with Crippen molar-refractivity contribution < 1.29 is 8.78 Å². The van der Waals surface area contributed by atoms with E-state index in [1.165, 1.54) is 6.07 Å². The van der Waals surface area contributed by atoms with Gasteiger partial charge in [0.05, 0.1) is 17.1 Å². The molecule has 4 nitrogen and oxygen atoms in total. The van der Waals surface area contributed by atoms with Crippen LogP contribution in [0.25, 0.3) is 0 Å². The molecule has 0 aliphatic carbocycles. The molecule has 0 saturated carbocycles. The van der Waals surface area contributed by atoms with Gasteiger partial charge < -0.3 is 11.1 Å². The normalized spacial score (nSPS) is 10.8. The van der Waals surface area contributed by atoms with Crippen LogP contribution in [0, 0.1) is 25.5 Å². The Morgan fingerprint density at radius 3 is 2.65 bits per heavy atom. The molecule has 0 radical (unpaired) electrons. The van der Waals surface area contributed by atoms with Gasteiger partial charge in [0.1, 0.15) is 5.82 Å². The van der Waals surface area contributed by atoms with Crippen molar-refractivity contribution in [2.75, 3.05) is 17.6 Å². The molecule has 2 rings (SSSR count). The molecule has 20 heavy (non-hydrogen) atoms. The monoisotopic (exact) mass is 280 g/mol. The van der Waals surface area contributed by atoms with Gasteiger partial charge in [-0.2, -0.15) is 5.10 Å². The van der Waals surface area contributed by atoms with Gasteiger partial charge in [-0.1, -0.05) is 0 Å². The Kier molecular flexibility index (Phi) is 4.22. The first-order valence-electron chi connectivity index (χ1n) is 6.47. The number of anilines is 2. The highest BCUT2D eigenvalue weighted by atomic mass is 19.1. The van der Waals surface area contributed by atoms with E-state index < -0.39 is 11.6 Å². The number of nitrogens with two attached hydrogens (primary N) is 1. The number of nitrogens with zero attached hydrogens (tertiary/aromatic N) is 2. The maximum atomic E-state index is 13.3. The second-order valence-electron chi connectivity index (χ2n) is 4.78. The van der Waals surface area contributed by atoms with Crippen LogP contribution in [0.3, 0.4) is 0 Å². The molecule has 0 bridgehead atoms. The van der Waals surface area contributed by atoms with Crippen LogP contribution in [-0.2, 0) is 6.54 Å². The van der Waals surface area contributed by atoms with Gasteiger partial charge in [0, 0.05) is 24.8 Å². The van der Waals surface area contributed by atoms with Gasteiger partial charge in [-0.15, -0.1) is 0 Å². The Morgan fingerprint density at radius 2 is 2.00 bits per heavy atom. The summed E-state index contributed by atoms with van der Waals surface area (Å²) in [7, 11) is 0. The minimum Gasteiger partial charge on any atom is -0.395 e. The maximum Gasteiger partial charge on any atom is 0.151 e. The SMILES string of the molecule is Cc1cc(C)n(CCCNc2cc(F)cc(F)c2N)n1. The molecule has 1 aromatic carbocycles. The molecule has 0 aliphatic heterocycles. The zero-order valence-corrected chi connectivity index (χ0v) is 11.6. The molecule has 6 heteroatoms. The quantitative estimate of drug-likeness (QED) is 0.654. The smallest absolute Gasteiger partial charge is 0.151 e. The van der Waals surface area contributed by atoms with Crippen molar-refractivity contribution in [2.24, 2.45) is 0 Å². The zero-order valence-electron chi connectivity index (χ0n) is 11.6. The van der Waals surface area contributed by atoms with Gasteiger partial charge in [-0.25, -0.2) is 8.78 Å². The van der Waals surface area contributed by atoms with Crippen LogP contribution < -0.4 is 11.1 Å². The predicted molar refractivity (Wildman–Crippen MR) is 75.6 cm³/mol. The molecule has 0 saturated heterocycles. The van der Waals surface area contributed by atoms with Crippen LogP contribution in [0.1, 0.15) is 17.8 Å². The molecule has 2 aromatic rings. The highest BCUT2D eigenvalue weighted by Crippen LogP contribution is 2.23. The van der Waals surface area contributed by atoms with Crippen molar-refractivity contribution in [2.45, 2.75) is 26.8 Å². The molecule has 1 heterocycles.